The maximum atomic E-state index is 11.8. The van der Waals surface area contributed by atoms with Crippen LogP contribution in [0.3, 0.4) is 0 Å². The van der Waals surface area contributed by atoms with E-state index in [0.29, 0.717) is 6.42 Å². The van der Waals surface area contributed by atoms with Crippen molar-refractivity contribution in [1.82, 2.24) is 9.03 Å². The van der Waals surface area contributed by atoms with Crippen LogP contribution in [0.25, 0.3) is 0 Å². The predicted molar refractivity (Wildman–Crippen MR) is 78.8 cm³/mol. The van der Waals surface area contributed by atoms with E-state index < -0.39 is 16.3 Å². The molecule has 0 aliphatic carbocycles. The fraction of sp³-hybridized carbons (Fsp3) is 0.417. The quantitative estimate of drug-likeness (QED) is 0.766. The summed E-state index contributed by atoms with van der Waals surface area (Å²) >= 11 is 1.38. The summed E-state index contributed by atoms with van der Waals surface area (Å²) in [5, 5.41) is 10.4. The van der Waals surface area contributed by atoms with Crippen LogP contribution in [0.1, 0.15) is 16.9 Å². The number of aliphatic hydroxyl groups is 1. The average molecular weight is 332 g/mol. The Hall–Kier alpha value is -1.60. The molecule has 7 nitrogen and oxygen atoms in total. The Morgan fingerprint density at radius 1 is 1.57 bits per heavy atom. The lowest BCUT2D eigenvalue weighted by Crippen LogP contribution is -2.40. The molecule has 1 heterocycles. The monoisotopic (exact) mass is 332 g/mol. The van der Waals surface area contributed by atoms with Crippen LogP contribution in [-0.2, 0) is 21.5 Å². The highest BCUT2D eigenvalue weighted by Crippen LogP contribution is 2.16. The number of aliphatic hydroxyl groups excluding tert-OH is 1. The Morgan fingerprint density at radius 2 is 2.29 bits per heavy atom. The summed E-state index contributed by atoms with van der Waals surface area (Å²) in [5.41, 5.74) is 0.756. The van der Waals surface area contributed by atoms with E-state index >= 15 is 0 Å². The molecule has 0 fully saturated rings. The number of methoxy groups -OCH3 is 1. The zero-order valence-electron chi connectivity index (χ0n) is 11.6. The van der Waals surface area contributed by atoms with Crippen molar-refractivity contribution in [3.05, 3.63) is 21.9 Å². The highest BCUT2D eigenvalue weighted by atomic mass is 32.2. The van der Waals surface area contributed by atoms with Crippen LogP contribution in [0, 0.1) is 11.8 Å². The van der Waals surface area contributed by atoms with Gasteiger partial charge in [0.1, 0.15) is 0 Å². The van der Waals surface area contributed by atoms with E-state index in [2.05, 4.69) is 16.6 Å². The van der Waals surface area contributed by atoms with Gasteiger partial charge in [-0.15, -0.1) is 11.3 Å². The van der Waals surface area contributed by atoms with Crippen LogP contribution in [0.5, 0.6) is 0 Å². The highest BCUT2D eigenvalue weighted by molar-refractivity contribution is 7.87. The van der Waals surface area contributed by atoms with Crippen molar-refractivity contribution in [1.29, 1.82) is 0 Å². The number of hydrogen-bond acceptors (Lipinski definition) is 6. The van der Waals surface area contributed by atoms with Crippen molar-refractivity contribution in [2.45, 2.75) is 13.0 Å². The molecule has 9 heteroatoms. The summed E-state index contributed by atoms with van der Waals surface area (Å²) < 4.78 is 30.6. The van der Waals surface area contributed by atoms with E-state index in [1.165, 1.54) is 18.4 Å². The van der Waals surface area contributed by atoms with Crippen LogP contribution in [0.15, 0.2) is 11.4 Å². The van der Waals surface area contributed by atoms with Gasteiger partial charge >= 0.3 is 16.3 Å². The summed E-state index contributed by atoms with van der Waals surface area (Å²) in [5.74, 6) is 5.66. The first-order valence-electron chi connectivity index (χ1n) is 5.88. The third-order valence-electron chi connectivity index (χ3n) is 2.32. The highest BCUT2D eigenvalue weighted by Gasteiger charge is 2.21. The molecule has 1 aromatic rings. The number of nitrogens with zero attached hydrogens (tertiary/aromatic N) is 1. The molecular weight excluding hydrogens is 316 g/mol. The largest absolute Gasteiger partial charge is 0.452 e. The van der Waals surface area contributed by atoms with Gasteiger partial charge in [0.05, 0.1) is 18.6 Å². The summed E-state index contributed by atoms with van der Waals surface area (Å²) in [6, 6.07) is 1.76. The van der Waals surface area contributed by atoms with Gasteiger partial charge in [-0.25, -0.2) is 9.52 Å². The van der Waals surface area contributed by atoms with Crippen molar-refractivity contribution in [2.24, 2.45) is 0 Å². The maximum Gasteiger partial charge on any atom is 0.421 e. The number of ether oxygens (including phenoxy) is 1. The minimum atomic E-state index is -3.94. The third kappa shape index (κ3) is 5.73. The SMILES string of the molecule is COC(=O)NS(=O)(=O)N(C)Cc1csc(C#CCCO)c1. The van der Waals surface area contributed by atoms with E-state index in [4.69, 9.17) is 5.11 Å². The Balaban J connectivity index is 2.69. The third-order valence-corrected chi connectivity index (χ3v) is 4.58. The van der Waals surface area contributed by atoms with Gasteiger partial charge in [0.25, 0.3) is 0 Å². The van der Waals surface area contributed by atoms with E-state index in [9.17, 15) is 13.2 Å². The first kappa shape index (κ1) is 17.5. The molecule has 0 spiro atoms. The van der Waals surface area contributed by atoms with Gasteiger partial charge in [0, 0.05) is 20.0 Å². The van der Waals surface area contributed by atoms with Gasteiger partial charge in [-0.3, -0.25) is 0 Å². The maximum absolute atomic E-state index is 11.8. The fourth-order valence-electron chi connectivity index (χ4n) is 1.30. The van der Waals surface area contributed by atoms with Crippen LogP contribution in [0.2, 0.25) is 0 Å². The van der Waals surface area contributed by atoms with Gasteiger partial charge in [0.2, 0.25) is 0 Å². The molecule has 0 saturated heterocycles. The number of nitrogens with one attached hydrogen (secondary N) is 1. The lowest BCUT2D eigenvalue weighted by atomic mass is 10.3. The number of amides is 1. The molecular formula is C12H16N2O5S2. The predicted octanol–water partition coefficient (Wildman–Crippen LogP) is 0.515. The number of carbonyl (C=O) groups is 1. The van der Waals surface area contributed by atoms with Crippen molar-refractivity contribution >= 4 is 27.6 Å². The van der Waals surface area contributed by atoms with Crippen molar-refractivity contribution in [2.75, 3.05) is 20.8 Å². The van der Waals surface area contributed by atoms with Gasteiger partial charge in [0.15, 0.2) is 0 Å². The molecule has 1 rings (SSSR count). The summed E-state index contributed by atoms with van der Waals surface area (Å²) in [6.07, 6.45) is -0.646. The van der Waals surface area contributed by atoms with Crippen molar-refractivity contribution in [3.8, 4) is 11.8 Å². The topological polar surface area (TPSA) is 95.9 Å². The summed E-state index contributed by atoms with van der Waals surface area (Å²) in [7, 11) is -1.51. The Labute approximate surface area is 127 Å². The number of hydrogen-bond donors (Lipinski definition) is 2. The van der Waals surface area contributed by atoms with Crippen molar-refractivity contribution < 1.29 is 23.1 Å². The second-order valence-electron chi connectivity index (χ2n) is 3.95. The Kier molecular flexibility index (Phi) is 6.64. The number of carbonyl (C=O) groups excluding carboxylic acids is 1. The summed E-state index contributed by atoms with van der Waals surface area (Å²) in [4.78, 5) is 11.7. The zero-order chi connectivity index (χ0) is 15.9. The normalized spacial score (nSPS) is 10.9. The average Bonchev–Trinajstić information content (AvgIpc) is 2.86. The first-order chi connectivity index (χ1) is 9.89. The van der Waals surface area contributed by atoms with Gasteiger partial charge in [-0.2, -0.15) is 12.7 Å². The minimum Gasteiger partial charge on any atom is -0.452 e. The van der Waals surface area contributed by atoms with Crippen LogP contribution >= 0.6 is 11.3 Å². The molecule has 0 aliphatic heterocycles. The lowest BCUT2D eigenvalue weighted by molar-refractivity contribution is 0.177. The smallest absolute Gasteiger partial charge is 0.421 e. The fourth-order valence-corrected chi connectivity index (χ4v) is 2.84. The molecule has 0 bridgehead atoms. The Morgan fingerprint density at radius 3 is 2.90 bits per heavy atom. The van der Waals surface area contributed by atoms with Gasteiger partial charge < -0.3 is 9.84 Å². The second-order valence-corrected chi connectivity index (χ2v) is 6.64. The molecule has 116 valence electrons. The minimum absolute atomic E-state index is 0.00537. The van der Waals surface area contributed by atoms with Gasteiger partial charge in [-0.05, 0) is 17.0 Å². The number of thiophene rings is 1. The first-order valence-corrected chi connectivity index (χ1v) is 8.20. The van der Waals surface area contributed by atoms with E-state index in [1.807, 2.05) is 0 Å². The van der Waals surface area contributed by atoms with Crippen LogP contribution < -0.4 is 4.72 Å². The molecule has 0 unspecified atom stereocenters. The standard InChI is InChI=1S/C12H16N2O5S2/c1-14(21(17,18)13-12(16)19-2)8-10-7-11(20-9-10)5-3-4-6-15/h7,9,15H,4,6,8H2,1-2H3,(H,13,16). The van der Waals surface area contributed by atoms with E-state index in [0.717, 1.165) is 21.9 Å². The zero-order valence-corrected chi connectivity index (χ0v) is 13.3. The van der Waals surface area contributed by atoms with Crippen LogP contribution in [0.4, 0.5) is 4.79 Å². The molecule has 1 aromatic heterocycles. The van der Waals surface area contributed by atoms with Crippen molar-refractivity contribution in [3.63, 3.8) is 0 Å². The summed E-state index contributed by atoms with van der Waals surface area (Å²) in [6.45, 7) is 0.107. The molecule has 1 amide bonds. The van der Waals surface area contributed by atoms with E-state index in [1.54, 1.807) is 16.2 Å². The molecule has 0 saturated carbocycles. The van der Waals surface area contributed by atoms with E-state index in [-0.39, 0.29) is 13.2 Å². The number of rotatable bonds is 5. The van der Waals surface area contributed by atoms with Gasteiger partial charge in [-0.1, -0.05) is 11.8 Å². The lowest BCUT2D eigenvalue weighted by Gasteiger charge is -2.16. The second kappa shape index (κ2) is 7.99. The molecule has 0 radical (unpaired) electrons. The molecule has 0 aromatic carbocycles. The van der Waals surface area contributed by atoms with Crippen LogP contribution in [-0.4, -0.2) is 44.7 Å². The molecule has 2 N–H and O–H groups in total. The molecule has 0 aliphatic rings. The Bertz CT molecular complexity index is 642. The molecule has 21 heavy (non-hydrogen) atoms. The molecule has 0 atom stereocenters.